The molecule has 1 spiro atoms. The van der Waals surface area contributed by atoms with Gasteiger partial charge in [-0.3, -0.25) is 5.32 Å². The molecule has 3 rings (SSSR count). The lowest BCUT2D eigenvalue weighted by Crippen LogP contribution is -2.41. The van der Waals surface area contributed by atoms with Gasteiger partial charge in [-0.25, -0.2) is 4.79 Å². The first kappa shape index (κ1) is 10.1. The van der Waals surface area contributed by atoms with E-state index in [1.165, 1.54) is 0 Å². The predicted octanol–water partition coefficient (Wildman–Crippen LogP) is 2.20. The zero-order valence-corrected chi connectivity index (χ0v) is 10.1. The van der Waals surface area contributed by atoms with E-state index < -0.39 is 5.60 Å². The number of carbonyl (C=O) groups is 1. The van der Waals surface area contributed by atoms with Crippen molar-refractivity contribution in [2.24, 2.45) is 0 Å². The molecule has 1 atom stereocenters. The third kappa shape index (κ3) is 1.43. The molecule has 0 aliphatic carbocycles. The highest BCUT2D eigenvalue weighted by molar-refractivity contribution is 9.10. The largest absolute Gasteiger partial charge is 0.436 e. The van der Waals surface area contributed by atoms with E-state index in [1.807, 2.05) is 18.2 Å². The number of anilines is 1. The molecule has 4 nitrogen and oxygen atoms in total. The molecule has 1 fully saturated rings. The third-order valence-electron chi connectivity index (χ3n) is 3.11. The molecule has 2 aliphatic rings. The molecule has 1 aromatic rings. The Labute approximate surface area is 101 Å². The monoisotopic (exact) mass is 282 g/mol. The Morgan fingerprint density at radius 3 is 3.06 bits per heavy atom. The van der Waals surface area contributed by atoms with Crippen molar-refractivity contribution in [3.05, 3.63) is 28.2 Å². The molecule has 2 N–H and O–H groups in total. The summed E-state index contributed by atoms with van der Waals surface area (Å²) in [5, 5.41) is 5.98. The van der Waals surface area contributed by atoms with Crippen LogP contribution in [0.25, 0.3) is 0 Å². The number of amides is 1. The number of carbonyl (C=O) groups excluding carboxylic acids is 1. The van der Waals surface area contributed by atoms with Gasteiger partial charge in [0, 0.05) is 23.0 Å². The minimum absolute atomic E-state index is 0.366. The van der Waals surface area contributed by atoms with Gasteiger partial charge in [-0.05, 0) is 18.7 Å². The Morgan fingerprint density at radius 2 is 2.31 bits per heavy atom. The van der Waals surface area contributed by atoms with Crippen LogP contribution in [-0.2, 0) is 10.3 Å². The molecular formula is C11H11BrN2O2. The van der Waals surface area contributed by atoms with E-state index in [2.05, 4.69) is 26.6 Å². The molecule has 2 aliphatic heterocycles. The lowest BCUT2D eigenvalue weighted by atomic mass is 9.90. The van der Waals surface area contributed by atoms with Crippen LogP contribution in [0.5, 0.6) is 0 Å². The van der Waals surface area contributed by atoms with Crippen molar-refractivity contribution in [1.82, 2.24) is 5.32 Å². The van der Waals surface area contributed by atoms with E-state index in [0.29, 0.717) is 6.54 Å². The number of hydrogen-bond donors (Lipinski definition) is 2. The molecule has 1 aromatic carbocycles. The van der Waals surface area contributed by atoms with Gasteiger partial charge in [-0.1, -0.05) is 22.0 Å². The fourth-order valence-electron chi connectivity index (χ4n) is 2.37. The summed E-state index contributed by atoms with van der Waals surface area (Å²) in [7, 11) is 0. The molecule has 1 unspecified atom stereocenters. The Bertz CT molecular complexity index is 455. The Hall–Kier alpha value is -1.07. The van der Waals surface area contributed by atoms with Crippen molar-refractivity contribution >= 4 is 27.7 Å². The molecule has 1 amide bonds. The highest BCUT2D eigenvalue weighted by Crippen LogP contribution is 2.41. The summed E-state index contributed by atoms with van der Waals surface area (Å²) in [4.78, 5) is 11.5. The molecular weight excluding hydrogens is 272 g/mol. The fourth-order valence-corrected chi connectivity index (χ4v) is 2.73. The molecule has 16 heavy (non-hydrogen) atoms. The predicted molar refractivity (Wildman–Crippen MR) is 63.4 cm³/mol. The summed E-state index contributed by atoms with van der Waals surface area (Å²) in [6, 6.07) is 5.89. The lowest BCUT2D eigenvalue weighted by Gasteiger charge is -2.34. The highest BCUT2D eigenvalue weighted by atomic mass is 79.9. The molecule has 1 saturated heterocycles. The van der Waals surface area contributed by atoms with Crippen molar-refractivity contribution in [1.29, 1.82) is 0 Å². The quantitative estimate of drug-likeness (QED) is 0.767. The summed E-state index contributed by atoms with van der Waals surface area (Å²) in [6.45, 7) is 1.57. The molecule has 84 valence electrons. The van der Waals surface area contributed by atoms with Gasteiger partial charge in [0.05, 0.1) is 5.69 Å². The Morgan fingerprint density at radius 1 is 1.44 bits per heavy atom. The van der Waals surface area contributed by atoms with E-state index in [4.69, 9.17) is 4.74 Å². The second kappa shape index (κ2) is 3.46. The molecule has 0 saturated carbocycles. The maximum absolute atomic E-state index is 11.5. The number of ether oxygens (including phenoxy) is 1. The number of fused-ring (bicyclic) bond motifs is 2. The van der Waals surface area contributed by atoms with Crippen molar-refractivity contribution in [2.75, 3.05) is 18.4 Å². The number of hydrogen-bond acceptors (Lipinski definition) is 3. The molecule has 2 heterocycles. The van der Waals surface area contributed by atoms with E-state index in [9.17, 15) is 4.79 Å². The van der Waals surface area contributed by atoms with Crippen molar-refractivity contribution in [3.8, 4) is 0 Å². The zero-order chi connectivity index (χ0) is 11.2. The first-order valence-corrected chi connectivity index (χ1v) is 6.00. The van der Waals surface area contributed by atoms with Crippen LogP contribution in [0.1, 0.15) is 12.0 Å². The van der Waals surface area contributed by atoms with Crippen molar-refractivity contribution in [3.63, 3.8) is 0 Å². The molecule has 0 bridgehead atoms. The van der Waals surface area contributed by atoms with Gasteiger partial charge in [-0.15, -0.1) is 0 Å². The van der Waals surface area contributed by atoms with Crippen LogP contribution in [0, 0.1) is 0 Å². The maximum Gasteiger partial charge on any atom is 0.412 e. The average Bonchev–Trinajstić information content (AvgIpc) is 2.65. The highest BCUT2D eigenvalue weighted by Gasteiger charge is 2.44. The van der Waals surface area contributed by atoms with E-state index in [0.717, 1.165) is 28.7 Å². The molecule has 0 radical (unpaired) electrons. The summed E-state index contributed by atoms with van der Waals surface area (Å²) in [6.07, 6.45) is 0.462. The lowest BCUT2D eigenvalue weighted by molar-refractivity contribution is 0.0278. The second-order valence-corrected chi connectivity index (χ2v) is 5.04. The minimum atomic E-state index is -0.474. The van der Waals surface area contributed by atoms with Crippen LogP contribution in [0.2, 0.25) is 0 Å². The van der Waals surface area contributed by atoms with Gasteiger partial charge >= 0.3 is 6.09 Å². The first-order valence-electron chi connectivity index (χ1n) is 5.20. The summed E-state index contributed by atoms with van der Waals surface area (Å²) >= 11 is 3.40. The van der Waals surface area contributed by atoms with Crippen molar-refractivity contribution < 1.29 is 9.53 Å². The van der Waals surface area contributed by atoms with Gasteiger partial charge in [0.15, 0.2) is 5.60 Å². The van der Waals surface area contributed by atoms with Crippen LogP contribution in [-0.4, -0.2) is 19.2 Å². The number of nitrogens with one attached hydrogen (secondary N) is 2. The van der Waals surface area contributed by atoms with Gasteiger partial charge in [-0.2, -0.15) is 0 Å². The van der Waals surface area contributed by atoms with Gasteiger partial charge in [0.2, 0.25) is 0 Å². The number of benzene rings is 1. The third-order valence-corrected chi connectivity index (χ3v) is 3.61. The van der Waals surface area contributed by atoms with Crippen molar-refractivity contribution in [2.45, 2.75) is 12.0 Å². The molecule has 0 aromatic heterocycles. The van der Waals surface area contributed by atoms with E-state index in [-0.39, 0.29) is 6.09 Å². The number of rotatable bonds is 0. The van der Waals surface area contributed by atoms with Gasteiger partial charge in [0.1, 0.15) is 0 Å². The van der Waals surface area contributed by atoms with Crippen LogP contribution >= 0.6 is 15.9 Å². The topological polar surface area (TPSA) is 50.4 Å². The van der Waals surface area contributed by atoms with E-state index in [1.54, 1.807) is 0 Å². The summed E-state index contributed by atoms with van der Waals surface area (Å²) in [5.41, 5.74) is 1.42. The first-order chi connectivity index (χ1) is 7.70. The minimum Gasteiger partial charge on any atom is -0.436 e. The van der Waals surface area contributed by atoms with Crippen LogP contribution in [0.15, 0.2) is 22.7 Å². The summed E-state index contributed by atoms with van der Waals surface area (Å²) in [5.74, 6) is 0. The smallest absolute Gasteiger partial charge is 0.412 e. The fraction of sp³-hybridized carbons (Fsp3) is 0.364. The standard InChI is InChI=1S/C11H11BrN2O2/c12-7-1-2-8-9(5-7)14-10(15)16-11(8)3-4-13-6-11/h1-2,5,13H,3-4,6H2,(H,14,15). The normalized spacial score (nSPS) is 27.4. The second-order valence-electron chi connectivity index (χ2n) is 4.13. The zero-order valence-electron chi connectivity index (χ0n) is 8.55. The SMILES string of the molecule is O=C1Nc2cc(Br)ccc2C2(CCNC2)O1. The van der Waals surface area contributed by atoms with Crippen LogP contribution in [0.3, 0.4) is 0 Å². The van der Waals surface area contributed by atoms with Crippen LogP contribution in [0.4, 0.5) is 10.5 Å². The van der Waals surface area contributed by atoms with Crippen LogP contribution < -0.4 is 10.6 Å². The number of halogens is 1. The Balaban J connectivity index is 2.14. The molecule has 5 heteroatoms. The maximum atomic E-state index is 11.5. The van der Waals surface area contributed by atoms with Gasteiger partial charge in [0.25, 0.3) is 0 Å². The Kier molecular flexibility index (Phi) is 2.19. The van der Waals surface area contributed by atoms with Gasteiger partial charge < -0.3 is 10.1 Å². The van der Waals surface area contributed by atoms with E-state index >= 15 is 0 Å². The average molecular weight is 283 g/mol. The summed E-state index contributed by atoms with van der Waals surface area (Å²) < 4.78 is 6.43.